The Bertz CT molecular complexity index is 1060. The number of anilines is 1. The Morgan fingerprint density at radius 2 is 2.10 bits per heavy atom. The standard InChI is InChI=1S/C21H22N6OS/c1-12-19(29-14(3)25-12)10-24-20-17(9-22)21(27-13(2)26-20)28-11-15-8-16(15)18-6-4-5-7-23-18/h4-7,15-16H,8,10-11H2,1-3H3,(H,24,26,27)/t15-,16+/m1/s1. The fraction of sp³-hybridized carbons (Fsp3) is 0.381. The van der Waals surface area contributed by atoms with Crippen molar-refractivity contribution in [3.05, 3.63) is 57.1 Å². The summed E-state index contributed by atoms with van der Waals surface area (Å²) in [6, 6.07) is 8.17. The molecule has 0 radical (unpaired) electrons. The Morgan fingerprint density at radius 1 is 1.24 bits per heavy atom. The SMILES string of the molecule is Cc1nc(NCc2sc(C)nc2C)c(C#N)c(OC[C@H]2C[C@@H]2c2ccccn2)n1. The van der Waals surface area contributed by atoms with Gasteiger partial charge in [0, 0.05) is 28.6 Å². The molecule has 3 aromatic heterocycles. The van der Waals surface area contributed by atoms with E-state index in [0.717, 1.165) is 27.7 Å². The van der Waals surface area contributed by atoms with Crippen molar-refractivity contribution < 1.29 is 4.74 Å². The maximum Gasteiger partial charge on any atom is 0.237 e. The molecule has 7 nitrogen and oxygen atoms in total. The average Bonchev–Trinajstić information content (AvgIpc) is 3.42. The number of hydrogen-bond acceptors (Lipinski definition) is 8. The van der Waals surface area contributed by atoms with Gasteiger partial charge >= 0.3 is 0 Å². The van der Waals surface area contributed by atoms with Gasteiger partial charge < -0.3 is 10.1 Å². The zero-order valence-electron chi connectivity index (χ0n) is 16.6. The Balaban J connectivity index is 1.45. The number of nitriles is 1. The van der Waals surface area contributed by atoms with E-state index in [9.17, 15) is 5.26 Å². The van der Waals surface area contributed by atoms with Crippen molar-refractivity contribution in [3.8, 4) is 11.9 Å². The summed E-state index contributed by atoms with van der Waals surface area (Å²) < 4.78 is 5.95. The van der Waals surface area contributed by atoms with Crippen LogP contribution in [0.3, 0.4) is 0 Å². The molecule has 0 bridgehead atoms. The Morgan fingerprint density at radius 3 is 2.79 bits per heavy atom. The highest BCUT2D eigenvalue weighted by molar-refractivity contribution is 7.11. The summed E-state index contributed by atoms with van der Waals surface area (Å²) in [5.74, 6) is 2.21. The van der Waals surface area contributed by atoms with Gasteiger partial charge in [0.05, 0.1) is 23.9 Å². The first kappa shape index (κ1) is 19.3. The van der Waals surface area contributed by atoms with Crippen LogP contribution in [0.25, 0.3) is 0 Å². The van der Waals surface area contributed by atoms with Crippen LogP contribution in [0.1, 0.15) is 45.0 Å². The first-order valence-corrected chi connectivity index (χ1v) is 10.4. The lowest BCUT2D eigenvalue weighted by Crippen LogP contribution is -2.10. The lowest BCUT2D eigenvalue weighted by molar-refractivity contribution is 0.283. The minimum atomic E-state index is 0.338. The van der Waals surface area contributed by atoms with Crippen molar-refractivity contribution in [1.82, 2.24) is 19.9 Å². The summed E-state index contributed by atoms with van der Waals surface area (Å²) in [6.45, 7) is 6.85. The van der Waals surface area contributed by atoms with E-state index in [4.69, 9.17) is 4.74 Å². The third-order valence-corrected chi connectivity index (χ3v) is 6.01. The summed E-state index contributed by atoms with van der Waals surface area (Å²) in [5, 5.41) is 14.0. The monoisotopic (exact) mass is 406 g/mol. The molecule has 8 heteroatoms. The van der Waals surface area contributed by atoms with E-state index >= 15 is 0 Å². The number of rotatable bonds is 7. The van der Waals surface area contributed by atoms with Crippen molar-refractivity contribution >= 4 is 17.2 Å². The Hall–Kier alpha value is -3.05. The molecule has 2 atom stereocenters. The number of aromatic nitrogens is 4. The smallest absolute Gasteiger partial charge is 0.237 e. The van der Waals surface area contributed by atoms with Crippen molar-refractivity contribution in [3.63, 3.8) is 0 Å². The molecule has 1 N–H and O–H groups in total. The Kier molecular flexibility index (Phi) is 5.41. The summed E-state index contributed by atoms with van der Waals surface area (Å²) in [6.07, 6.45) is 2.86. The van der Waals surface area contributed by atoms with Crippen LogP contribution in [0, 0.1) is 38.0 Å². The molecule has 1 fully saturated rings. The highest BCUT2D eigenvalue weighted by atomic mass is 32.1. The van der Waals surface area contributed by atoms with Gasteiger partial charge in [-0.15, -0.1) is 11.3 Å². The van der Waals surface area contributed by atoms with Gasteiger partial charge in [-0.1, -0.05) is 6.07 Å². The van der Waals surface area contributed by atoms with Crippen LogP contribution >= 0.6 is 11.3 Å². The summed E-state index contributed by atoms with van der Waals surface area (Å²) in [7, 11) is 0. The van der Waals surface area contributed by atoms with Crippen molar-refractivity contribution in [2.75, 3.05) is 11.9 Å². The normalized spacial score (nSPS) is 17.6. The van der Waals surface area contributed by atoms with Gasteiger partial charge in [-0.3, -0.25) is 4.98 Å². The number of hydrogen-bond donors (Lipinski definition) is 1. The lowest BCUT2D eigenvalue weighted by Gasteiger charge is -2.12. The predicted octanol–water partition coefficient (Wildman–Crippen LogP) is 3.92. The van der Waals surface area contributed by atoms with E-state index in [-0.39, 0.29) is 0 Å². The molecular formula is C21H22N6OS. The second kappa shape index (κ2) is 8.13. The molecule has 0 spiro atoms. The van der Waals surface area contributed by atoms with Crippen LogP contribution in [0.5, 0.6) is 5.88 Å². The summed E-state index contributed by atoms with van der Waals surface area (Å²) in [5.41, 5.74) is 2.43. The first-order valence-electron chi connectivity index (χ1n) is 9.54. The third kappa shape index (κ3) is 4.35. The fourth-order valence-corrected chi connectivity index (χ4v) is 4.23. The van der Waals surface area contributed by atoms with Crippen LogP contribution in [0.4, 0.5) is 5.82 Å². The number of thiazole rings is 1. The topological polar surface area (TPSA) is 96.6 Å². The molecule has 29 heavy (non-hydrogen) atoms. The van der Waals surface area contributed by atoms with Crippen LogP contribution < -0.4 is 10.1 Å². The molecule has 0 saturated heterocycles. The van der Waals surface area contributed by atoms with Crippen LogP contribution in [-0.4, -0.2) is 26.5 Å². The molecule has 0 amide bonds. The number of ether oxygens (including phenoxy) is 1. The van der Waals surface area contributed by atoms with Gasteiger partial charge in [0.1, 0.15) is 11.9 Å². The van der Waals surface area contributed by atoms with E-state index in [0.29, 0.717) is 48.1 Å². The quantitative estimate of drug-likeness (QED) is 0.635. The molecule has 1 saturated carbocycles. The molecule has 4 rings (SSSR count). The number of aryl methyl sites for hydroxylation is 3. The summed E-state index contributed by atoms with van der Waals surface area (Å²) >= 11 is 1.64. The number of pyridine rings is 1. The highest BCUT2D eigenvalue weighted by Crippen LogP contribution is 2.46. The van der Waals surface area contributed by atoms with Crippen molar-refractivity contribution in [2.45, 2.75) is 39.7 Å². The molecule has 0 aromatic carbocycles. The number of nitrogens with one attached hydrogen (secondary N) is 1. The second-order valence-corrected chi connectivity index (χ2v) is 8.46. The lowest BCUT2D eigenvalue weighted by atomic mass is 10.2. The predicted molar refractivity (Wildman–Crippen MR) is 111 cm³/mol. The second-order valence-electron chi connectivity index (χ2n) is 7.17. The van der Waals surface area contributed by atoms with Gasteiger partial charge in [-0.2, -0.15) is 10.2 Å². The summed E-state index contributed by atoms with van der Waals surface area (Å²) in [4.78, 5) is 18.8. The maximum atomic E-state index is 9.69. The van der Waals surface area contributed by atoms with E-state index in [1.165, 1.54) is 0 Å². The van der Waals surface area contributed by atoms with E-state index in [1.54, 1.807) is 18.3 Å². The van der Waals surface area contributed by atoms with Crippen molar-refractivity contribution in [1.29, 1.82) is 5.26 Å². The van der Waals surface area contributed by atoms with E-state index in [2.05, 4.69) is 31.3 Å². The van der Waals surface area contributed by atoms with Crippen LogP contribution in [0.2, 0.25) is 0 Å². The van der Waals surface area contributed by atoms with Gasteiger partial charge in [-0.25, -0.2) is 9.97 Å². The zero-order valence-corrected chi connectivity index (χ0v) is 17.5. The average molecular weight is 407 g/mol. The Labute approximate surface area is 173 Å². The minimum Gasteiger partial charge on any atom is -0.476 e. The minimum absolute atomic E-state index is 0.338. The number of nitrogens with zero attached hydrogens (tertiary/aromatic N) is 5. The maximum absolute atomic E-state index is 9.69. The molecule has 1 aliphatic rings. The van der Waals surface area contributed by atoms with E-state index < -0.39 is 0 Å². The fourth-order valence-electron chi connectivity index (χ4n) is 3.36. The van der Waals surface area contributed by atoms with Gasteiger partial charge in [0.15, 0.2) is 11.4 Å². The van der Waals surface area contributed by atoms with Gasteiger partial charge in [-0.05, 0) is 39.3 Å². The zero-order chi connectivity index (χ0) is 20.4. The largest absolute Gasteiger partial charge is 0.476 e. The van der Waals surface area contributed by atoms with E-state index in [1.807, 2.05) is 38.2 Å². The first-order chi connectivity index (χ1) is 14.0. The highest BCUT2D eigenvalue weighted by Gasteiger charge is 2.40. The third-order valence-electron chi connectivity index (χ3n) is 4.94. The van der Waals surface area contributed by atoms with Crippen molar-refractivity contribution in [2.24, 2.45) is 5.92 Å². The molecule has 148 valence electrons. The van der Waals surface area contributed by atoms with Gasteiger partial charge in [0.2, 0.25) is 5.88 Å². The van der Waals surface area contributed by atoms with Crippen LogP contribution in [-0.2, 0) is 6.54 Å². The molecule has 1 aliphatic carbocycles. The molecule has 3 aromatic rings. The molecular weight excluding hydrogens is 384 g/mol. The molecule has 0 aliphatic heterocycles. The van der Waals surface area contributed by atoms with Crippen LogP contribution in [0.15, 0.2) is 24.4 Å². The van der Waals surface area contributed by atoms with Gasteiger partial charge in [0.25, 0.3) is 0 Å². The molecule has 0 unspecified atom stereocenters. The molecule has 3 heterocycles.